The van der Waals surface area contributed by atoms with Crippen molar-refractivity contribution < 1.29 is 23.5 Å². The molecular weight excluding hydrogens is 325 g/mol. The number of carbonyl (C=O) groups is 2. The first kappa shape index (κ1) is 18.4. The van der Waals surface area contributed by atoms with E-state index in [1.807, 2.05) is 31.2 Å². The number of likely N-dealkylation sites (N-methyl/N-ethyl adjacent to an activating group) is 1. The van der Waals surface area contributed by atoms with E-state index in [0.717, 1.165) is 17.2 Å². The quantitative estimate of drug-likeness (QED) is 0.756. The number of benzene rings is 2. The highest BCUT2D eigenvalue weighted by Crippen LogP contribution is 2.17. The van der Waals surface area contributed by atoms with Crippen LogP contribution in [0.4, 0.5) is 4.39 Å². The summed E-state index contributed by atoms with van der Waals surface area (Å²) in [5, 5.41) is 0. The number of aryl methyl sites for hydroxylation is 1. The number of hydrogen-bond donors (Lipinski definition) is 0. The van der Waals surface area contributed by atoms with Crippen LogP contribution in [-0.4, -0.2) is 37.5 Å². The predicted molar refractivity (Wildman–Crippen MR) is 90.9 cm³/mol. The molecule has 0 aliphatic heterocycles. The van der Waals surface area contributed by atoms with Gasteiger partial charge in [0, 0.05) is 19.7 Å². The summed E-state index contributed by atoms with van der Waals surface area (Å²) in [7, 11) is 3.02. The molecule has 2 rings (SSSR count). The summed E-state index contributed by atoms with van der Waals surface area (Å²) in [4.78, 5) is 25.5. The van der Waals surface area contributed by atoms with E-state index in [-0.39, 0.29) is 11.5 Å². The van der Waals surface area contributed by atoms with Gasteiger partial charge in [-0.25, -0.2) is 9.18 Å². The van der Waals surface area contributed by atoms with Crippen molar-refractivity contribution >= 4 is 11.9 Å². The minimum absolute atomic E-state index is 0.241. The fourth-order valence-electron chi connectivity index (χ4n) is 2.23. The van der Waals surface area contributed by atoms with Gasteiger partial charge in [0.05, 0.1) is 12.7 Å². The van der Waals surface area contributed by atoms with Gasteiger partial charge in [0.2, 0.25) is 0 Å². The summed E-state index contributed by atoms with van der Waals surface area (Å²) >= 11 is 0. The number of carbonyl (C=O) groups excluding carboxylic acids is 2. The Balaban J connectivity index is 1.92. The summed E-state index contributed by atoms with van der Waals surface area (Å²) in [5.41, 5.74) is 1.83. The highest BCUT2D eigenvalue weighted by molar-refractivity contribution is 5.91. The highest BCUT2D eigenvalue weighted by atomic mass is 19.1. The molecule has 0 fully saturated rings. The SMILES string of the molecule is COc1ccc(C(=O)OCC(=O)N(C)Cc2ccccc2C)c(F)c1. The molecule has 2 aromatic carbocycles. The van der Waals surface area contributed by atoms with Crippen LogP contribution in [0, 0.1) is 12.7 Å². The van der Waals surface area contributed by atoms with Gasteiger partial charge < -0.3 is 14.4 Å². The van der Waals surface area contributed by atoms with Crippen LogP contribution in [0.2, 0.25) is 0 Å². The van der Waals surface area contributed by atoms with E-state index in [0.29, 0.717) is 12.3 Å². The molecule has 0 bridgehead atoms. The summed E-state index contributed by atoms with van der Waals surface area (Å²) in [6.45, 7) is 1.91. The molecule has 25 heavy (non-hydrogen) atoms. The lowest BCUT2D eigenvalue weighted by Crippen LogP contribution is -2.31. The number of rotatable bonds is 6. The van der Waals surface area contributed by atoms with Gasteiger partial charge in [-0.05, 0) is 30.2 Å². The van der Waals surface area contributed by atoms with E-state index in [9.17, 15) is 14.0 Å². The normalized spacial score (nSPS) is 10.2. The second-order valence-electron chi connectivity index (χ2n) is 5.60. The van der Waals surface area contributed by atoms with Gasteiger partial charge in [0.1, 0.15) is 11.6 Å². The van der Waals surface area contributed by atoms with Crippen molar-refractivity contribution in [1.29, 1.82) is 0 Å². The summed E-state index contributed by atoms with van der Waals surface area (Å²) in [5.74, 6) is -1.73. The van der Waals surface area contributed by atoms with Crippen molar-refractivity contribution in [3.05, 3.63) is 65.0 Å². The van der Waals surface area contributed by atoms with Crippen LogP contribution < -0.4 is 4.74 Å². The highest BCUT2D eigenvalue weighted by Gasteiger charge is 2.17. The maximum atomic E-state index is 13.8. The van der Waals surface area contributed by atoms with Crippen molar-refractivity contribution in [2.24, 2.45) is 0 Å². The van der Waals surface area contributed by atoms with Gasteiger partial charge in [-0.2, -0.15) is 0 Å². The summed E-state index contributed by atoms with van der Waals surface area (Å²) < 4.78 is 23.6. The Morgan fingerprint density at radius 2 is 1.88 bits per heavy atom. The van der Waals surface area contributed by atoms with Crippen LogP contribution in [0.1, 0.15) is 21.5 Å². The van der Waals surface area contributed by atoms with E-state index in [1.165, 1.54) is 24.1 Å². The zero-order valence-electron chi connectivity index (χ0n) is 14.4. The zero-order valence-corrected chi connectivity index (χ0v) is 14.4. The third kappa shape index (κ3) is 4.79. The third-order valence-corrected chi connectivity index (χ3v) is 3.82. The maximum absolute atomic E-state index is 13.8. The molecule has 1 amide bonds. The lowest BCUT2D eigenvalue weighted by Gasteiger charge is -2.18. The number of methoxy groups -OCH3 is 1. The fraction of sp³-hybridized carbons (Fsp3) is 0.263. The number of amides is 1. The molecule has 0 saturated heterocycles. The number of nitrogens with zero attached hydrogens (tertiary/aromatic N) is 1. The molecule has 0 heterocycles. The number of halogens is 1. The molecule has 0 aromatic heterocycles. The molecule has 0 saturated carbocycles. The smallest absolute Gasteiger partial charge is 0.341 e. The fourth-order valence-corrected chi connectivity index (χ4v) is 2.23. The second-order valence-corrected chi connectivity index (χ2v) is 5.60. The van der Waals surface area contributed by atoms with Crippen LogP contribution in [-0.2, 0) is 16.1 Å². The Morgan fingerprint density at radius 1 is 1.16 bits per heavy atom. The van der Waals surface area contributed by atoms with E-state index >= 15 is 0 Å². The number of esters is 1. The Hall–Kier alpha value is -2.89. The van der Waals surface area contributed by atoms with Gasteiger partial charge in [0.15, 0.2) is 6.61 Å². The monoisotopic (exact) mass is 345 g/mol. The topological polar surface area (TPSA) is 55.8 Å². The molecule has 0 aliphatic rings. The van der Waals surface area contributed by atoms with Gasteiger partial charge in [-0.15, -0.1) is 0 Å². The third-order valence-electron chi connectivity index (χ3n) is 3.82. The van der Waals surface area contributed by atoms with Gasteiger partial charge in [0.25, 0.3) is 5.91 Å². The molecular formula is C19H20FNO4. The average molecular weight is 345 g/mol. The Kier molecular flexibility index (Phi) is 6.11. The Bertz CT molecular complexity index is 776. The molecule has 5 nitrogen and oxygen atoms in total. The van der Waals surface area contributed by atoms with Gasteiger partial charge >= 0.3 is 5.97 Å². The second kappa shape index (κ2) is 8.28. The summed E-state index contributed by atoms with van der Waals surface area (Å²) in [6, 6.07) is 11.5. The minimum atomic E-state index is -0.891. The van der Waals surface area contributed by atoms with E-state index in [1.54, 1.807) is 7.05 Å². The molecule has 6 heteroatoms. The van der Waals surface area contributed by atoms with Crippen molar-refractivity contribution in [3.8, 4) is 5.75 Å². The van der Waals surface area contributed by atoms with Crippen LogP contribution in [0.25, 0.3) is 0 Å². The first-order valence-corrected chi connectivity index (χ1v) is 7.71. The van der Waals surface area contributed by atoms with Crippen molar-refractivity contribution in [2.45, 2.75) is 13.5 Å². The van der Waals surface area contributed by atoms with Crippen LogP contribution in [0.15, 0.2) is 42.5 Å². The molecule has 0 radical (unpaired) electrons. The van der Waals surface area contributed by atoms with Crippen LogP contribution >= 0.6 is 0 Å². The minimum Gasteiger partial charge on any atom is -0.497 e. The Labute approximate surface area is 146 Å². The van der Waals surface area contributed by atoms with E-state index in [2.05, 4.69) is 0 Å². The molecule has 0 spiro atoms. The Morgan fingerprint density at radius 3 is 2.52 bits per heavy atom. The van der Waals surface area contributed by atoms with Crippen LogP contribution in [0.5, 0.6) is 5.75 Å². The molecule has 0 N–H and O–H groups in total. The average Bonchev–Trinajstić information content (AvgIpc) is 2.61. The summed E-state index contributed by atoms with van der Waals surface area (Å²) in [6.07, 6.45) is 0. The molecule has 132 valence electrons. The largest absolute Gasteiger partial charge is 0.497 e. The first-order valence-electron chi connectivity index (χ1n) is 7.71. The molecule has 2 aromatic rings. The molecule has 0 aliphatic carbocycles. The first-order chi connectivity index (χ1) is 11.9. The zero-order chi connectivity index (χ0) is 18.4. The lowest BCUT2D eigenvalue weighted by molar-refractivity contribution is -0.133. The number of ether oxygens (including phenoxy) is 2. The van der Waals surface area contributed by atoms with Gasteiger partial charge in [-0.1, -0.05) is 24.3 Å². The maximum Gasteiger partial charge on any atom is 0.341 e. The van der Waals surface area contributed by atoms with Crippen LogP contribution in [0.3, 0.4) is 0 Å². The van der Waals surface area contributed by atoms with E-state index in [4.69, 9.17) is 9.47 Å². The lowest BCUT2D eigenvalue weighted by atomic mass is 10.1. The van der Waals surface area contributed by atoms with Crippen molar-refractivity contribution in [1.82, 2.24) is 4.90 Å². The standard InChI is InChI=1S/C19H20FNO4/c1-13-6-4-5-7-14(13)11-21(2)18(22)12-25-19(23)16-9-8-15(24-3)10-17(16)20/h4-10H,11-12H2,1-3H3. The van der Waals surface area contributed by atoms with E-state index < -0.39 is 18.4 Å². The molecule has 0 unspecified atom stereocenters. The van der Waals surface area contributed by atoms with Crippen molar-refractivity contribution in [3.63, 3.8) is 0 Å². The van der Waals surface area contributed by atoms with Crippen molar-refractivity contribution in [2.75, 3.05) is 20.8 Å². The number of hydrogen-bond acceptors (Lipinski definition) is 4. The van der Waals surface area contributed by atoms with Gasteiger partial charge in [-0.3, -0.25) is 4.79 Å². The molecule has 0 atom stereocenters. The predicted octanol–water partition coefficient (Wildman–Crippen LogP) is 2.96.